The van der Waals surface area contributed by atoms with Crippen LogP contribution in [0.1, 0.15) is 51.2 Å². The standard InChI is InChI=1S/C20H28FN3O5S/c1-19(2,3)28-18(25)24-9-7-20(8-10-24)12-17(23-29-20)14-5-6-15(16(21)11-14)13-22-30(4,26)27/h5-6,11,22H,7-10,12-13H2,1-4H3. The monoisotopic (exact) mass is 441 g/mol. The number of hydrogen-bond donors (Lipinski definition) is 1. The van der Waals surface area contributed by atoms with Crippen LogP contribution >= 0.6 is 0 Å². The fraction of sp³-hybridized carbons (Fsp3) is 0.600. The third-order valence-corrected chi connectivity index (χ3v) is 5.75. The van der Waals surface area contributed by atoms with Crippen molar-refractivity contribution in [1.82, 2.24) is 9.62 Å². The first kappa shape index (κ1) is 22.5. The van der Waals surface area contributed by atoms with Gasteiger partial charge in [0.15, 0.2) is 0 Å². The molecule has 1 spiro atoms. The summed E-state index contributed by atoms with van der Waals surface area (Å²) in [7, 11) is -3.40. The second-order valence-corrected chi connectivity index (χ2v) is 10.7. The third-order valence-electron chi connectivity index (χ3n) is 5.08. The molecule has 1 N–H and O–H groups in total. The van der Waals surface area contributed by atoms with Crippen molar-refractivity contribution in [1.29, 1.82) is 0 Å². The molecule has 0 radical (unpaired) electrons. The van der Waals surface area contributed by atoms with E-state index in [-0.39, 0.29) is 18.2 Å². The average molecular weight is 442 g/mol. The molecule has 1 amide bonds. The van der Waals surface area contributed by atoms with Gasteiger partial charge in [-0.15, -0.1) is 0 Å². The van der Waals surface area contributed by atoms with Gasteiger partial charge in [0.05, 0.1) is 12.0 Å². The second-order valence-electron chi connectivity index (χ2n) is 8.86. The highest BCUT2D eigenvalue weighted by Gasteiger charge is 2.43. The molecule has 1 fully saturated rings. The zero-order valence-corrected chi connectivity index (χ0v) is 18.5. The normalized spacial score (nSPS) is 18.8. The van der Waals surface area contributed by atoms with Gasteiger partial charge in [0.25, 0.3) is 0 Å². The molecule has 8 nitrogen and oxygen atoms in total. The van der Waals surface area contributed by atoms with Gasteiger partial charge in [0, 0.05) is 50.0 Å². The zero-order chi connectivity index (χ0) is 22.2. The smallest absolute Gasteiger partial charge is 0.410 e. The minimum absolute atomic E-state index is 0.113. The maximum Gasteiger partial charge on any atom is 0.410 e. The number of hydrogen-bond acceptors (Lipinski definition) is 6. The van der Waals surface area contributed by atoms with E-state index in [4.69, 9.17) is 9.57 Å². The maximum atomic E-state index is 14.4. The number of sulfonamides is 1. The number of halogens is 1. The molecule has 30 heavy (non-hydrogen) atoms. The van der Waals surface area contributed by atoms with Gasteiger partial charge < -0.3 is 14.5 Å². The summed E-state index contributed by atoms with van der Waals surface area (Å²) in [4.78, 5) is 19.6. The molecule has 166 valence electrons. The first-order valence-corrected chi connectivity index (χ1v) is 11.7. The van der Waals surface area contributed by atoms with Crippen LogP contribution in [0.15, 0.2) is 23.4 Å². The largest absolute Gasteiger partial charge is 0.444 e. The highest BCUT2D eigenvalue weighted by molar-refractivity contribution is 7.88. The van der Waals surface area contributed by atoms with Gasteiger partial charge in [-0.25, -0.2) is 22.3 Å². The Labute approximate surface area is 176 Å². The highest BCUT2D eigenvalue weighted by Crippen LogP contribution is 2.36. The fourth-order valence-electron chi connectivity index (χ4n) is 3.45. The average Bonchev–Trinajstić information content (AvgIpc) is 3.02. The van der Waals surface area contributed by atoms with E-state index >= 15 is 0 Å². The lowest BCUT2D eigenvalue weighted by molar-refractivity contribution is -0.0639. The van der Waals surface area contributed by atoms with Gasteiger partial charge in [-0.2, -0.15) is 0 Å². The number of rotatable bonds is 4. The molecule has 0 unspecified atom stereocenters. The van der Waals surface area contributed by atoms with Crippen molar-refractivity contribution in [2.75, 3.05) is 19.3 Å². The van der Waals surface area contributed by atoms with Crippen LogP contribution in [0.4, 0.5) is 9.18 Å². The summed E-state index contributed by atoms with van der Waals surface area (Å²) < 4.78 is 44.5. The number of amides is 1. The van der Waals surface area contributed by atoms with E-state index < -0.39 is 27.0 Å². The highest BCUT2D eigenvalue weighted by atomic mass is 32.2. The molecule has 0 aliphatic carbocycles. The van der Waals surface area contributed by atoms with Crippen LogP contribution in [0.2, 0.25) is 0 Å². The van der Waals surface area contributed by atoms with E-state index in [1.54, 1.807) is 17.0 Å². The van der Waals surface area contributed by atoms with Gasteiger partial charge in [0.2, 0.25) is 10.0 Å². The minimum atomic E-state index is -3.40. The molecule has 2 aliphatic heterocycles. The molecule has 1 aromatic carbocycles. The SMILES string of the molecule is CC(C)(C)OC(=O)N1CCC2(CC1)CC(c1ccc(CNS(C)(=O)=O)c(F)c1)=NO2. The summed E-state index contributed by atoms with van der Waals surface area (Å²) in [6.45, 7) is 6.39. The fourth-order valence-corrected chi connectivity index (χ4v) is 3.86. The Morgan fingerprint density at radius 2 is 2.00 bits per heavy atom. The van der Waals surface area contributed by atoms with Gasteiger partial charge in [0.1, 0.15) is 17.0 Å². The number of piperidine rings is 1. The first-order valence-electron chi connectivity index (χ1n) is 9.82. The van der Waals surface area contributed by atoms with E-state index in [2.05, 4.69) is 9.88 Å². The Kier molecular flexibility index (Phi) is 6.10. The maximum absolute atomic E-state index is 14.4. The van der Waals surface area contributed by atoms with Crippen LogP contribution in [0, 0.1) is 5.82 Å². The van der Waals surface area contributed by atoms with Crippen LogP contribution in [0.5, 0.6) is 0 Å². The summed E-state index contributed by atoms with van der Waals surface area (Å²) in [5.74, 6) is -0.507. The van der Waals surface area contributed by atoms with E-state index in [0.29, 0.717) is 43.6 Å². The number of benzene rings is 1. The predicted molar refractivity (Wildman–Crippen MR) is 110 cm³/mol. The van der Waals surface area contributed by atoms with Gasteiger partial charge >= 0.3 is 6.09 Å². The number of carbonyl (C=O) groups excluding carboxylic acids is 1. The second kappa shape index (κ2) is 8.14. The lowest BCUT2D eigenvalue weighted by Crippen LogP contribution is -2.48. The molecule has 1 aromatic rings. The topological polar surface area (TPSA) is 97.3 Å². The van der Waals surface area contributed by atoms with E-state index in [1.807, 2.05) is 20.8 Å². The molecule has 0 aromatic heterocycles. The Morgan fingerprint density at radius 1 is 1.33 bits per heavy atom. The van der Waals surface area contributed by atoms with Crippen LogP contribution in [-0.4, -0.2) is 55.7 Å². The van der Waals surface area contributed by atoms with Crippen LogP contribution in [-0.2, 0) is 26.1 Å². The summed E-state index contributed by atoms with van der Waals surface area (Å²) in [6.07, 6.45) is 2.43. The van der Waals surface area contributed by atoms with Crippen molar-refractivity contribution in [3.63, 3.8) is 0 Å². The summed E-state index contributed by atoms with van der Waals surface area (Å²) in [6, 6.07) is 4.59. The molecular formula is C20H28FN3O5S. The number of likely N-dealkylation sites (tertiary alicyclic amines) is 1. The van der Waals surface area contributed by atoms with Crippen molar-refractivity contribution < 1.29 is 27.2 Å². The molecule has 1 saturated heterocycles. The molecule has 2 heterocycles. The summed E-state index contributed by atoms with van der Waals surface area (Å²) >= 11 is 0. The van der Waals surface area contributed by atoms with Crippen LogP contribution in [0.3, 0.4) is 0 Å². The molecular weight excluding hydrogens is 413 g/mol. The molecule has 0 bridgehead atoms. The zero-order valence-electron chi connectivity index (χ0n) is 17.7. The lowest BCUT2D eigenvalue weighted by Gasteiger charge is -2.37. The van der Waals surface area contributed by atoms with Crippen molar-refractivity contribution in [3.05, 3.63) is 35.1 Å². The molecule has 0 saturated carbocycles. The van der Waals surface area contributed by atoms with Crippen molar-refractivity contribution >= 4 is 21.8 Å². The molecule has 2 aliphatic rings. The molecule has 0 atom stereocenters. The van der Waals surface area contributed by atoms with Crippen LogP contribution in [0.25, 0.3) is 0 Å². The van der Waals surface area contributed by atoms with E-state index in [9.17, 15) is 17.6 Å². The van der Waals surface area contributed by atoms with Gasteiger partial charge in [-0.05, 0) is 26.8 Å². The van der Waals surface area contributed by atoms with Crippen LogP contribution < -0.4 is 4.72 Å². The number of carbonyl (C=O) groups is 1. The number of nitrogens with zero attached hydrogens (tertiary/aromatic N) is 2. The number of ether oxygens (including phenoxy) is 1. The Balaban J connectivity index is 1.59. The Bertz CT molecular complexity index is 948. The Morgan fingerprint density at radius 3 is 2.57 bits per heavy atom. The van der Waals surface area contributed by atoms with Crippen molar-refractivity contribution in [3.8, 4) is 0 Å². The van der Waals surface area contributed by atoms with Gasteiger partial charge in [-0.3, -0.25) is 0 Å². The lowest BCUT2D eigenvalue weighted by atomic mass is 9.85. The van der Waals surface area contributed by atoms with E-state index in [1.165, 1.54) is 6.07 Å². The van der Waals surface area contributed by atoms with Crippen molar-refractivity contribution in [2.45, 2.75) is 57.8 Å². The minimum Gasteiger partial charge on any atom is -0.444 e. The summed E-state index contributed by atoms with van der Waals surface area (Å²) in [5.41, 5.74) is 0.452. The number of oxime groups is 1. The first-order chi connectivity index (χ1) is 13.9. The number of nitrogens with one attached hydrogen (secondary N) is 1. The van der Waals surface area contributed by atoms with Gasteiger partial charge in [-0.1, -0.05) is 17.3 Å². The summed E-state index contributed by atoms with van der Waals surface area (Å²) in [5, 5.41) is 4.17. The quantitative estimate of drug-likeness (QED) is 0.775. The van der Waals surface area contributed by atoms with E-state index in [0.717, 1.165) is 6.26 Å². The van der Waals surface area contributed by atoms with Crippen molar-refractivity contribution in [2.24, 2.45) is 5.16 Å². The third kappa shape index (κ3) is 5.69. The predicted octanol–water partition coefficient (Wildman–Crippen LogP) is 2.77. The molecule has 3 rings (SSSR count). The molecule has 10 heteroatoms. The Hall–Kier alpha value is -2.20.